The van der Waals surface area contributed by atoms with Crippen molar-refractivity contribution in [2.45, 2.75) is 58.0 Å². The fourth-order valence-corrected chi connectivity index (χ4v) is 3.80. The van der Waals surface area contributed by atoms with Gasteiger partial charge in [0.2, 0.25) is 17.7 Å². The second kappa shape index (κ2) is 5.75. The molecule has 1 amide bonds. The molecule has 2 aliphatic heterocycles. The molecule has 0 aromatic carbocycles. The first kappa shape index (κ1) is 14.5. The molecule has 0 saturated carbocycles. The van der Waals surface area contributed by atoms with Crippen molar-refractivity contribution >= 4 is 5.91 Å². The lowest BCUT2D eigenvalue weighted by Gasteiger charge is -2.44. The lowest BCUT2D eigenvalue weighted by atomic mass is 9.85. The van der Waals surface area contributed by atoms with Crippen molar-refractivity contribution in [1.82, 2.24) is 20.0 Å². The summed E-state index contributed by atoms with van der Waals surface area (Å²) in [7, 11) is 0. The van der Waals surface area contributed by atoms with Crippen molar-refractivity contribution in [2.24, 2.45) is 0 Å². The van der Waals surface area contributed by atoms with Crippen LogP contribution >= 0.6 is 0 Å². The average Bonchev–Trinajstić information content (AvgIpc) is 3.04. The second-order valence-electron chi connectivity index (χ2n) is 6.17. The minimum Gasteiger partial charge on any atom is -0.424 e. The predicted molar refractivity (Wildman–Crippen MR) is 77.5 cm³/mol. The summed E-state index contributed by atoms with van der Waals surface area (Å²) in [5.41, 5.74) is -0.324. The highest BCUT2D eigenvalue weighted by molar-refractivity contribution is 5.87. The molecule has 116 valence electrons. The molecule has 1 atom stereocenters. The van der Waals surface area contributed by atoms with E-state index in [0.717, 1.165) is 51.7 Å². The summed E-state index contributed by atoms with van der Waals surface area (Å²) in [4.78, 5) is 17.3. The summed E-state index contributed by atoms with van der Waals surface area (Å²) in [6.07, 6.45) is 5.09. The number of aromatic nitrogens is 2. The van der Waals surface area contributed by atoms with Gasteiger partial charge >= 0.3 is 0 Å². The summed E-state index contributed by atoms with van der Waals surface area (Å²) in [5, 5.41) is 7.97. The Hall–Kier alpha value is -1.43. The maximum absolute atomic E-state index is 13.0. The van der Waals surface area contributed by atoms with Crippen LogP contribution in [0.15, 0.2) is 4.42 Å². The van der Waals surface area contributed by atoms with E-state index in [9.17, 15) is 4.79 Å². The van der Waals surface area contributed by atoms with Gasteiger partial charge in [-0.05, 0) is 38.6 Å². The summed E-state index contributed by atoms with van der Waals surface area (Å²) >= 11 is 0. The number of hydrogen-bond acceptors (Lipinski definition) is 5. The van der Waals surface area contributed by atoms with E-state index in [4.69, 9.17) is 4.42 Å². The van der Waals surface area contributed by atoms with Crippen LogP contribution in [0.1, 0.15) is 50.8 Å². The lowest BCUT2D eigenvalue weighted by Crippen LogP contribution is -2.59. The molecule has 0 N–H and O–H groups in total. The van der Waals surface area contributed by atoms with Crippen molar-refractivity contribution in [3.05, 3.63) is 11.8 Å². The molecule has 0 bridgehead atoms. The molecule has 6 heteroatoms. The zero-order valence-corrected chi connectivity index (χ0v) is 13.0. The number of amides is 1. The van der Waals surface area contributed by atoms with Crippen LogP contribution in [0.25, 0.3) is 0 Å². The molecular formula is C15H24N4O2. The smallest absolute Gasteiger partial charge is 0.243 e. The van der Waals surface area contributed by atoms with E-state index in [1.54, 1.807) is 6.92 Å². The standard InChI is InChI=1S/C15H24N4O2/c1-3-8-18-9-4-6-15(14(18)20)7-5-10-19(15)11-13-17-16-12(2)21-13/h3-11H2,1-2H3. The minimum absolute atomic E-state index is 0.310. The van der Waals surface area contributed by atoms with E-state index in [1.807, 2.05) is 4.90 Å². The normalized spacial score (nSPS) is 27.0. The number of likely N-dealkylation sites (tertiary alicyclic amines) is 2. The van der Waals surface area contributed by atoms with Gasteiger partial charge in [0.15, 0.2) is 0 Å². The first-order chi connectivity index (χ1) is 10.2. The molecular weight excluding hydrogens is 268 g/mol. The Morgan fingerprint density at radius 1 is 1.24 bits per heavy atom. The molecule has 1 aromatic rings. The highest BCUT2D eigenvalue weighted by Crippen LogP contribution is 2.39. The van der Waals surface area contributed by atoms with Crippen LogP contribution in [-0.4, -0.2) is 51.1 Å². The molecule has 3 rings (SSSR count). The molecule has 0 aliphatic carbocycles. The Bertz CT molecular complexity index is 514. The van der Waals surface area contributed by atoms with Gasteiger partial charge in [-0.1, -0.05) is 6.92 Å². The van der Waals surface area contributed by atoms with E-state index in [2.05, 4.69) is 22.0 Å². The Kier molecular flexibility index (Phi) is 3.97. The molecule has 1 unspecified atom stereocenters. The van der Waals surface area contributed by atoms with E-state index in [1.165, 1.54) is 0 Å². The molecule has 1 spiro atoms. The first-order valence-corrected chi connectivity index (χ1v) is 7.99. The van der Waals surface area contributed by atoms with Crippen molar-refractivity contribution in [3.63, 3.8) is 0 Å². The molecule has 0 radical (unpaired) electrons. The Morgan fingerprint density at radius 2 is 2.00 bits per heavy atom. The minimum atomic E-state index is -0.324. The number of nitrogens with zero attached hydrogens (tertiary/aromatic N) is 4. The molecule has 3 heterocycles. The number of hydrogen-bond donors (Lipinski definition) is 0. The number of carbonyl (C=O) groups is 1. The largest absolute Gasteiger partial charge is 0.424 e. The van der Waals surface area contributed by atoms with Gasteiger partial charge in [-0.25, -0.2) is 0 Å². The van der Waals surface area contributed by atoms with Crippen LogP contribution in [0.3, 0.4) is 0 Å². The van der Waals surface area contributed by atoms with Crippen molar-refractivity contribution < 1.29 is 9.21 Å². The van der Waals surface area contributed by atoms with Crippen LogP contribution in [0, 0.1) is 6.92 Å². The van der Waals surface area contributed by atoms with Gasteiger partial charge in [0.05, 0.1) is 6.54 Å². The average molecular weight is 292 g/mol. The quantitative estimate of drug-likeness (QED) is 0.846. The second-order valence-corrected chi connectivity index (χ2v) is 6.17. The number of carbonyl (C=O) groups excluding carboxylic acids is 1. The fourth-order valence-electron chi connectivity index (χ4n) is 3.80. The van der Waals surface area contributed by atoms with E-state index < -0.39 is 0 Å². The van der Waals surface area contributed by atoms with Gasteiger partial charge < -0.3 is 9.32 Å². The van der Waals surface area contributed by atoms with Gasteiger partial charge in [-0.2, -0.15) is 0 Å². The summed E-state index contributed by atoms with van der Waals surface area (Å²) < 4.78 is 5.50. The van der Waals surface area contributed by atoms with Crippen LogP contribution in [0.2, 0.25) is 0 Å². The number of piperidine rings is 1. The summed E-state index contributed by atoms with van der Waals surface area (Å²) in [5.74, 6) is 1.51. The van der Waals surface area contributed by atoms with Crippen molar-refractivity contribution in [3.8, 4) is 0 Å². The zero-order chi connectivity index (χ0) is 14.9. The van der Waals surface area contributed by atoms with E-state index in [0.29, 0.717) is 24.2 Å². The van der Waals surface area contributed by atoms with Crippen LogP contribution in [0.5, 0.6) is 0 Å². The van der Waals surface area contributed by atoms with Gasteiger partial charge in [-0.3, -0.25) is 9.69 Å². The first-order valence-electron chi connectivity index (χ1n) is 7.99. The van der Waals surface area contributed by atoms with Crippen LogP contribution < -0.4 is 0 Å². The Labute approximate surface area is 125 Å². The maximum Gasteiger partial charge on any atom is 0.243 e. The molecule has 2 aliphatic rings. The molecule has 2 fully saturated rings. The zero-order valence-electron chi connectivity index (χ0n) is 13.0. The number of aryl methyl sites for hydroxylation is 1. The molecule has 2 saturated heterocycles. The predicted octanol–water partition coefficient (Wildman–Crippen LogP) is 1.75. The monoisotopic (exact) mass is 292 g/mol. The van der Waals surface area contributed by atoms with E-state index in [-0.39, 0.29) is 5.54 Å². The Balaban J connectivity index is 1.79. The van der Waals surface area contributed by atoms with Crippen LogP contribution in [-0.2, 0) is 11.3 Å². The summed E-state index contributed by atoms with van der Waals surface area (Å²) in [6, 6.07) is 0. The summed E-state index contributed by atoms with van der Waals surface area (Å²) in [6.45, 7) is 7.23. The maximum atomic E-state index is 13.0. The van der Waals surface area contributed by atoms with E-state index >= 15 is 0 Å². The molecule has 1 aromatic heterocycles. The van der Waals surface area contributed by atoms with Gasteiger partial charge in [0, 0.05) is 20.0 Å². The lowest BCUT2D eigenvalue weighted by molar-refractivity contribution is -0.148. The SMILES string of the molecule is CCCN1CCCC2(CCCN2Cc2nnc(C)o2)C1=O. The third-order valence-electron chi connectivity index (χ3n) is 4.71. The topological polar surface area (TPSA) is 62.5 Å². The van der Waals surface area contributed by atoms with Crippen molar-refractivity contribution in [2.75, 3.05) is 19.6 Å². The third kappa shape index (κ3) is 2.57. The van der Waals surface area contributed by atoms with Gasteiger partial charge in [-0.15, -0.1) is 10.2 Å². The number of rotatable bonds is 4. The Morgan fingerprint density at radius 3 is 2.67 bits per heavy atom. The molecule has 6 nitrogen and oxygen atoms in total. The van der Waals surface area contributed by atoms with Gasteiger partial charge in [0.1, 0.15) is 5.54 Å². The third-order valence-corrected chi connectivity index (χ3v) is 4.71. The molecule has 21 heavy (non-hydrogen) atoms. The van der Waals surface area contributed by atoms with Crippen molar-refractivity contribution in [1.29, 1.82) is 0 Å². The highest BCUT2D eigenvalue weighted by Gasteiger charge is 2.50. The van der Waals surface area contributed by atoms with Gasteiger partial charge in [0.25, 0.3) is 0 Å². The fraction of sp³-hybridized carbons (Fsp3) is 0.800. The highest BCUT2D eigenvalue weighted by atomic mass is 16.4. The van der Waals surface area contributed by atoms with Crippen LogP contribution in [0.4, 0.5) is 0 Å².